The molecular formula is C14H23F3N2O. The van der Waals surface area contributed by atoms with Crippen molar-refractivity contribution < 1.29 is 18.0 Å². The highest BCUT2D eigenvalue weighted by atomic mass is 19.4. The van der Waals surface area contributed by atoms with E-state index >= 15 is 0 Å². The van der Waals surface area contributed by atoms with Gasteiger partial charge in [0.1, 0.15) is 6.42 Å². The van der Waals surface area contributed by atoms with Crippen LogP contribution in [0.25, 0.3) is 0 Å². The largest absolute Gasteiger partial charge is 0.397 e. The molecule has 2 saturated heterocycles. The van der Waals surface area contributed by atoms with Crippen molar-refractivity contribution in [2.45, 2.75) is 57.2 Å². The fourth-order valence-electron chi connectivity index (χ4n) is 3.44. The molecule has 0 aromatic rings. The maximum atomic E-state index is 12.5. The first-order valence-corrected chi connectivity index (χ1v) is 7.54. The van der Waals surface area contributed by atoms with Crippen LogP contribution in [0, 0.1) is 5.92 Å². The van der Waals surface area contributed by atoms with Gasteiger partial charge in [-0.15, -0.1) is 0 Å². The summed E-state index contributed by atoms with van der Waals surface area (Å²) in [6.07, 6.45) is -0.0849. The second-order valence-electron chi connectivity index (χ2n) is 5.88. The molecule has 1 unspecified atom stereocenters. The quantitative estimate of drug-likeness (QED) is 0.848. The van der Waals surface area contributed by atoms with Crippen molar-refractivity contribution in [2.24, 2.45) is 5.92 Å². The number of carbonyl (C=O) groups excluding carboxylic acids is 1. The van der Waals surface area contributed by atoms with Crippen LogP contribution in [0.5, 0.6) is 0 Å². The number of hydrogen-bond donors (Lipinski definition) is 1. The minimum Gasteiger partial charge on any atom is -0.339 e. The lowest BCUT2D eigenvalue weighted by Gasteiger charge is -2.38. The van der Waals surface area contributed by atoms with Crippen LogP contribution >= 0.6 is 0 Å². The number of nitrogens with zero attached hydrogens (tertiary/aromatic N) is 1. The Hall–Kier alpha value is -0.780. The third kappa shape index (κ3) is 4.36. The fourth-order valence-corrected chi connectivity index (χ4v) is 3.44. The third-order valence-electron chi connectivity index (χ3n) is 4.40. The Labute approximate surface area is 117 Å². The van der Waals surface area contributed by atoms with Gasteiger partial charge < -0.3 is 10.2 Å². The molecule has 0 aromatic carbocycles. The van der Waals surface area contributed by atoms with Crippen molar-refractivity contribution in [3.63, 3.8) is 0 Å². The van der Waals surface area contributed by atoms with Crippen LogP contribution in [0.15, 0.2) is 0 Å². The predicted octanol–water partition coefficient (Wildman–Crippen LogP) is 2.71. The number of hydrogen-bond acceptors (Lipinski definition) is 2. The Kier molecular flexibility index (Phi) is 5.29. The Balaban J connectivity index is 2.05. The van der Waals surface area contributed by atoms with Gasteiger partial charge in [-0.3, -0.25) is 4.79 Å². The Morgan fingerprint density at radius 1 is 1.10 bits per heavy atom. The van der Waals surface area contributed by atoms with E-state index in [1.807, 2.05) is 0 Å². The van der Waals surface area contributed by atoms with E-state index in [4.69, 9.17) is 0 Å². The van der Waals surface area contributed by atoms with Gasteiger partial charge in [-0.05, 0) is 44.7 Å². The van der Waals surface area contributed by atoms with Gasteiger partial charge >= 0.3 is 6.18 Å². The first kappa shape index (κ1) is 15.6. The standard InChI is InChI=1S/C14H23F3N2O/c15-14(16,17)10-13(20)19-9-3-1-2-4-12(19)11-5-7-18-8-6-11/h11-12,18H,1-10H2. The molecule has 2 rings (SSSR count). The van der Waals surface area contributed by atoms with Crippen LogP contribution in [-0.4, -0.2) is 42.7 Å². The summed E-state index contributed by atoms with van der Waals surface area (Å²) >= 11 is 0. The number of likely N-dealkylation sites (tertiary alicyclic amines) is 1. The number of nitrogens with one attached hydrogen (secondary N) is 1. The van der Waals surface area contributed by atoms with Crippen LogP contribution in [0.4, 0.5) is 13.2 Å². The molecule has 2 aliphatic rings. The number of piperidine rings is 1. The zero-order valence-electron chi connectivity index (χ0n) is 11.7. The molecule has 116 valence electrons. The molecule has 3 nitrogen and oxygen atoms in total. The molecule has 2 fully saturated rings. The maximum Gasteiger partial charge on any atom is 0.397 e. The lowest BCUT2D eigenvalue weighted by atomic mass is 9.86. The first-order valence-electron chi connectivity index (χ1n) is 7.54. The molecule has 6 heteroatoms. The zero-order valence-corrected chi connectivity index (χ0v) is 11.7. The molecule has 1 N–H and O–H groups in total. The Morgan fingerprint density at radius 3 is 2.45 bits per heavy atom. The summed E-state index contributed by atoms with van der Waals surface area (Å²) < 4.78 is 37.4. The van der Waals surface area contributed by atoms with E-state index in [-0.39, 0.29) is 6.04 Å². The molecule has 0 radical (unpaired) electrons. The molecule has 0 aliphatic carbocycles. The lowest BCUT2D eigenvalue weighted by Crippen LogP contribution is -2.48. The fraction of sp³-hybridized carbons (Fsp3) is 0.929. The van der Waals surface area contributed by atoms with Gasteiger partial charge in [0.2, 0.25) is 5.91 Å². The monoisotopic (exact) mass is 292 g/mol. The number of amides is 1. The van der Waals surface area contributed by atoms with Gasteiger partial charge in [-0.25, -0.2) is 0 Å². The van der Waals surface area contributed by atoms with Crippen LogP contribution in [0.2, 0.25) is 0 Å². The van der Waals surface area contributed by atoms with Gasteiger partial charge in [-0.1, -0.05) is 12.8 Å². The molecular weight excluding hydrogens is 269 g/mol. The number of carbonyl (C=O) groups is 1. The average Bonchev–Trinajstić information content (AvgIpc) is 2.63. The lowest BCUT2D eigenvalue weighted by molar-refractivity contribution is -0.164. The minimum atomic E-state index is -4.40. The van der Waals surface area contributed by atoms with Crippen LogP contribution in [-0.2, 0) is 4.79 Å². The van der Waals surface area contributed by atoms with E-state index in [0.29, 0.717) is 12.5 Å². The average molecular weight is 292 g/mol. The molecule has 0 saturated carbocycles. The van der Waals surface area contributed by atoms with E-state index in [0.717, 1.165) is 51.6 Å². The second kappa shape index (κ2) is 6.78. The van der Waals surface area contributed by atoms with E-state index < -0.39 is 18.5 Å². The Bertz CT molecular complexity index is 327. The van der Waals surface area contributed by atoms with Crippen molar-refractivity contribution in [2.75, 3.05) is 19.6 Å². The summed E-state index contributed by atoms with van der Waals surface area (Å²) in [5.41, 5.74) is 0. The molecule has 20 heavy (non-hydrogen) atoms. The molecule has 0 aromatic heterocycles. The predicted molar refractivity (Wildman–Crippen MR) is 70.2 cm³/mol. The second-order valence-corrected chi connectivity index (χ2v) is 5.88. The topological polar surface area (TPSA) is 32.3 Å². The van der Waals surface area contributed by atoms with Crippen LogP contribution in [0.1, 0.15) is 44.9 Å². The number of alkyl halides is 3. The van der Waals surface area contributed by atoms with Crippen LogP contribution in [0.3, 0.4) is 0 Å². The maximum absolute atomic E-state index is 12.5. The summed E-state index contributed by atoms with van der Waals surface area (Å²) in [6, 6.07) is 0.00875. The van der Waals surface area contributed by atoms with Crippen molar-refractivity contribution in [3.05, 3.63) is 0 Å². The molecule has 1 atom stereocenters. The number of halogens is 3. The highest BCUT2D eigenvalue weighted by Gasteiger charge is 2.38. The summed E-state index contributed by atoms with van der Waals surface area (Å²) in [7, 11) is 0. The summed E-state index contributed by atoms with van der Waals surface area (Å²) in [4.78, 5) is 13.5. The van der Waals surface area contributed by atoms with Crippen molar-refractivity contribution in [1.29, 1.82) is 0 Å². The van der Waals surface area contributed by atoms with Gasteiger partial charge in [0.25, 0.3) is 0 Å². The summed E-state index contributed by atoms with van der Waals surface area (Å²) in [5.74, 6) is -0.380. The zero-order chi connectivity index (χ0) is 14.6. The number of rotatable bonds is 2. The normalized spacial score (nSPS) is 26.4. The SMILES string of the molecule is O=C(CC(F)(F)F)N1CCCCCC1C1CCNCC1. The van der Waals surface area contributed by atoms with Gasteiger partial charge in [0.05, 0.1) is 0 Å². The molecule has 0 bridgehead atoms. The van der Waals surface area contributed by atoms with E-state index in [1.165, 1.54) is 4.90 Å². The van der Waals surface area contributed by atoms with E-state index in [9.17, 15) is 18.0 Å². The smallest absolute Gasteiger partial charge is 0.339 e. The van der Waals surface area contributed by atoms with E-state index in [2.05, 4.69) is 5.32 Å². The molecule has 1 amide bonds. The summed E-state index contributed by atoms with van der Waals surface area (Å²) in [6.45, 7) is 2.30. The highest BCUT2D eigenvalue weighted by Crippen LogP contribution is 2.30. The van der Waals surface area contributed by atoms with Crippen molar-refractivity contribution in [1.82, 2.24) is 10.2 Å². The minimum absolute atomic E-state index is 0.00875. The molecule has 2 heterocycles. The van der Waals surface area contributed by atoms with Crippen molar-refractivity contribution in [3.8, 4) is 0 Å². The first-order chi connectivity index (χ1) is 9.47. The molecule has 0 spiro atoms. The van der Waals surface area contributed by atoms with Crippen molar-refractivity contribution >= 4 is 5.91 Å². The third-order valence-corrected chi connectivity index (χ3v) is 4.40. The van der Waals surface area contributed by atoms with Gasteiger partial charge in [-0.2, -0.15) is 13.2 Å². The van der Waals surface area contributed by atoms with Crippen LogP contribution < -0.4 is 5.32 Å². The molecule has 2 aliphatic heterocycles. The summed E-state index contributed by atoms with van der Waals surface area (Å²) in [5, 5.41) is 3.27. The highest BCUT2D eigenvalue weighted by molar-refractivity contribution is 5.77. The Morgan fingerprint density at radius 2 is 1.80 bits per heavy atom. The van der Waals surface area contributed by atoms with Gasteiger partial charge in [0.15, 0.2) is 0 Å². The van der Waals surface area contributed by atoms with E-state index in [1.54, 1.807) is 0 Å². The van der Waals surface area contributed by atoms with Gasteiger partial charge in [0, 0.05) is 12.6 Å².